The van der Waals surface area contributed by atoms with Crippen molar-refractivity contribution in [1.29, 1.82) is 0 Å². The number of para-hydroxylation sites is 1. The monoisotopic (exact) mass is 497 g/mol. The minimum absolute atomic E-state index is 0.208. The first-order valence-corrected chi connectivity index (χ1v) is 13.3. The van der Waals surface area contributed by atoms with Gasteiger partial charge in [-0.05, 0) is 61.0 Å². The molecule has 0 aliphatic carbocycles. The summed E-state index contributed by atoms with van der Waals surface area (Å²) in [5, 5.41) is 2.30. The minimum Gasteiger partial charge on any atom is -0.268 e. The third kappa shape index (κ3) is 4.10. The van der Waals surface area contributed by atoms with E-state index in [9.17, 15) is 13.2 Å². The molecule has 7 heteroatoms. The van der Waals surface area contributed by atoms with Gasteiger partial charge in [0.1, 0.15) is 5.82 Å². The van der Waals surface area contributed by atoms with Gasteiger partial charge in [-0.1, -0.05) is 67.1 Å². The molecule has 0 N–H and O–H groups in total. The van der Waals surface area contributed by atoms with Gasteiger partial charge in [0.15, 0.2) is 0 Å². The summed E-state index contributed by atoms with van der Waals surface area (Å²) in [5.41, 5.74) is 2.01. The number of hydrogen-bond acceptors (Lipinski definition) is 4. The highest BCUT2D eigenvalue weighted by atomic mass is 32.2. The second kappa shape index (κ2) is 9.33. The van der Waals surface area contributed by atoms with Crippen LogP contribution in [-0.4, -0.2) is 28.8 Å². The van der Waals surface area contributed by atoms with Crippen molar-refractivity contribution >= 4 is 31.7 Å². The molecule has 0 bridgehead atoms. The zero-order valence-corrected chi connectivity index (χ0v) is 21.2. The molecule has 0 amide bonds. The lowest BCUT2D eigenvalue weighted by atomic mass is 10.1. The van der Waals surface area contributed by atoms with E-state index in [0.29, 0.717) is 22.4 Å². The third-order valence-corrected chi connectivity index (χ3v) is 8.58. The van der Waals surface area contributed by atoms with Crippen molar-refractivity contribution in [3.05, 3.63) is 113 Å². The molecule has 4 aromatic carbocycles. The van der Waals surface area contributed by atoms with Gasteiger partial charge in [0.05, 0.1) is 27.5 Å². The SMILES string of the molecule is CCN(C(C)c1nc2ccccc2c(=O)n1-c1ccc(C)cc1)S(=O)(=O)c1ccc2ccccc2c1. The van der Waals surface area contributed by atoms with E-state index in [1.54, 1.807) is 44.2 Å². The van der Waals surface area contributed by atoms with Crippen LogP contribution in [0.2, 0.25) is 0 Å². The van der Waals surface area contributed by atoms with Crippen molar-refractivity contribution in [2.24, 2.45) is 0 Å². The Morgan fingerprint density at radius 1 is 0.889 bits per heavy atom. The van der Waals surface area contributed by atoms with Gasteiger partial charge in [-0.15, -0.1) is 0 Å². The van der Waals surface area contributed by atoms with Crippen molar-refractivity contribution in [1.82, 2.24) is 13.9 Å². The number of aromatic nitrogens is 2. The van der Waals surface area contributed by atoms with Gasteiger partial charge in [-0.25, -0.2) is 13.4 Å². The predicted molar refractivity (Wildman–Crippen MR) is 144 cm³/mol. The first kappa shape index (κ1) is 23.9. The number of fused-ring (bicyclic) bond motifs is 2. The summed E-state index contributed by atoms with van der Waals surface area (Å²) >= 11 is 0. The molecule has 182 valence electrons. The van der Waals surface area contributed by atoms with E-state index in [1.165, 1.54) is 8.87 Å². The Balaban J connectivity index is 1.69. The standard InChI is InChI=1S/C29H27N3O3S/c1-4-31(36(34,35)25-18-15-22-9-5-6-10-23(22)19-25)21(3)28-30-27-12-8-7-11-26(27)29(33)32(28)24-16-13-20(2)14-17-24/h5-19,21H,4H2,1-3H3. The Morgan fingerprint density at radius 2 is 1.56 bits per heavy atom. The van der Waals surface area contributed by atoms with E-state index in [0.717, 1.165) is 16.3 Å². The van der Waals surface area contributed by atoms with Crippen molar-refractivity contribution < 1.29 is 8.42 Å². The van der Waals surface area contributed by atoms with Gasteiger partial charge < -0.3 is 0 Å². The van der Waals surface area contributed by atoms with Gasteiger partial charge in [0, 0.05) is 6.54 Å². The van der Waals surface area contributed by atoms with Crippen LogP contribution >= 0.6 is 0 Å². The molecule has 6 nitrogen and oxygen atoms in total. The summed E-state index contributed by atoms with van der Waals surface area (Å²) in [4.78, 5) is 18.7. The van der Waals surface area contributed by atoms with Crippen LogP contribution in [0.4, 0.5) is 0 Å². The summed E-state index contributed by atoms with van der Waals surface area (Å²) in [7, 11) is -3.88. The lowest BCUT2D eigenvalue weighted by Crippen LogP contribution is -2.37. The molecule has 1 atom stereocenters. The highest BCUT2D eigenvalue weighted by Gasteiger charge is 2.32. The van der Waals surface area contributed by atoms with Crippen LogP contribution in [0.3, 0.4) is 0 Å². The van der Waals surface area contributed by atoms with Crippen LogP contribution in [0.1, 0.15) is 31.3 Å². The zero-order valence-electron chi connectivity index (χ0n) is 20.4. The zero-order chi connectivity index (χ0) is 25.4. The topological polar surface area (TPSA) is 72.3 Å². The van der Waals surface area contributed by atoms with Crippen LogP contribution in [-0.2, 0) is 10.0 Å². The van der Waals surface area contributed by atoms with E-state index < -0.39 is 16.1 Å². The molecule has 5 rings (SSSR count). The highest BCUT2D eigenvalue weighted by molar-refractivity contribution is 7.89. The Kier molecular flexibility index (Phi) is 6.20. The van der Waals surface area contributed by atoms with Crippen molar-refractivity contribution in [2.45, 2.75) is 31.7 Å². The molecule has 0 saturated carbocycles. The molecule has 5 aromatic rings. The maximum absolute atomic E-state index is 13.9. The summed E-state index contributed by atoms with van der Waals surface area (Å²) in [6, 6.07) is 26.8. The average molecular weight is 498 g/mol. The van der Waals surface area contributed by atoms with Crippen LogP contribution < -0.4 is 5.56 Å². The number of sulfonamides is 1. The van der Waals surface area contributed by atoms with Crippen molar-refractivity contribution in [2.75, 3.05) is 6.54 Å². The van der Waals surface area contributed by atoms with Gasteiger partial charge in [-0.3, -0.25) is 9.36 Å². The quantitative estimate of drug-likeness (QED) is 0.305. The molecule has 0 aliphatic rings. The predicted octanol–water partition coefficient (Wildman–Crippen LogP) is 5.62. The number of nitrogens with zero attached hydrogens (tertiary/aromatic N) is 3. The van der Waals surface area contributed by atoms with E-state index in [2.05, 4.69) is 0 Å². The van der Waals surface area contributed by atoms with Crippen molar-refractivity contribution in [3.63, 3.8) is 0 Å². The van der Waals surface area contributed by atoms with Crippen LogP contribution in [0, 0.1) is 6.92 Å². The van der Waals surface area contributed by atoms with Crippen LogP contribution in [0.15, 0.2) is 101 Å². The second-order valence-electron chi connectivity index (χ2n) is 8.86. The molecule has 36 heavy (non-hydrogen) atoms. The van der Waals surface area contributed by atoms with Gasteiger partial charge in [0.25, 0.3) is 5.56 Å². The normalized spacial score (nSPS) is 12.9. The Morgan fingerprint density at radius 3 is 2.28 bits per heavy atom. The number of aryl methyl sites for hydroxylation is 1. The molecule has 0 fully saturated rings. The number of rotatable bonds is 6. The summed E-state index contributed by atoms with van der Waals surface area (Å²) in [6.45, 7) is 5.77. The van der Waals surface area contributed by atoms with E-state index in [-0.39, 0.29) is 17.0 Å². The lowest BCUT2D eigenvalue weighted by Gasteiger charge is -2.29. The fourth-order valence-electron chi connectivity index (χ4n) is 4.62. The van der Waals surface area contributed by atoms with Crippen LogP contribution in [0.25, 0.3) is 27.4 Å². The van der Waals surface area contributed by atoms with Crippen LogP contribution in [0.5, 0.6) is 0 Å². The smallest absolute Gasteiger partial charge is 0.266 e. The summed E-state index contributed by atoms with van der Waals surface area (Å²) in [5.74, 6) is 0.369. The first-order valence-electron chi connectivity index (χ1n) is 11.9. The van der Waals surface area contributed by atoms with E-state index in [1.807, 2.05) is 67.6 Å². The number of hydrogen-bond donors (Lipinski definition) is 0. The summed E-state index contributed by atoms with van der Waals surface area (Å²) < 4.78 is 30.7. The molecule has 0 aliphatic heterocycles. The third-order valence-electron chi connectivity index (χ3n) is 6.54. The van der Waals surface area contributed by atoms with E-state index in [4.69, 9.17) is 4.98 Å². The largest absolute Gasteiger partial charge is 0.268 e. The molecule has 0 saturated heterocycles. The second-order valence-corrected chi connectivity index (χ2v) is 10.7. The molecule has 0 radical (unpaired) electrons. The van der Waals surface area contributed by atoms with Gasteiger partial charge in [-0.2, -0.15) is 4.31 Å². The molecule has 0 spiro atoms. The fourth-order valence-corrected chi connectivity index (χ4v) is 6.25. The lowest BCUT2D eigenvalue weighted by molar-refractivity contribution is 0.340. The fraction of sp³-hybridized carbons (Fsp3) is 0.172. The molecule has 1 unspecified atom stereocenters. The Labute approximate surface area is 210 Å². The minimum atomic E-state index is -3.88. The maximum Gasteiger partial charge on any atom is 0.266 e. The molecule has 1 aromatic heterocycles. The number of benzene rings is 4. The molecular formula is C29H27N3O3S. The van der Waals surface area contributed by atoms with Gasteiger partial charge >= 0.3 is 0 Å². The summed E-state index contributed by atoms with van der Waals surface area (Å²) in [6.07, 6.45) is 0. The Hall–Kier alpha value is -3.81. The maximum atomic E-state index is 13.9. The molecular weight excluding hydrogens is 470 g/mol. The van der Waals surface area contributed by atoms with Crippen molar-refractivity contribution in [3.8, 4) is 5.69 Å². The average Bonchev–Trinajstić information content (AvgIpc) is 2.89. The highest BCUT2D eigenvalue weighted by Crippen LogP contribution is 2.29. The van der Waals surface area contributed by atoms with Gasteiger partial charge in [0.2, 0.25) is 10.0 Å². The first-order chi connectivity index (χ1) is 17.3. The Bertz CT molecular complexity index is 1740. The van der Waals surface area contributed by atoms with E-state index >= 15 is 0 Å². The molecule has 1 heterocycles.